The Balaban J connectivity index is -0.0000000787. The van der Waals surface area contributed by atoms with Gasteiger partial charge in [0.15, 0.2) is 4.30 Å². The van der Waals surface area contributed by atoms with Crippen molar-refractivity contribution in [2.45, 2.75) is 4.30 Å². The monoisotopic (exact) mass is 228 g/mol. The summed E-state index contributed by atoms with van der Waals surface area (Å²) in [4.78, 5) is 0. The first-order valence-corrected chi connectivity index (χ1v) is 5.36. The average molecular weight is 230 g/mol. The molecular formula is C4H11Cl3O2S. The van der Waals surface area contributed by atoms with Gasteiger partial charge in [-0.2, -0.15) is 0 Å². The molecule has 10 heavy (non-hydrogen) atoms. The Labute approximate surface area is 78.9 Å². The predicted molar refractivity (Wildman–Crippen MR) is 49.5 cm³/mol. The number of hydrogen-bond acceptors (Lipinski definition) is 2. The standard InChI is InChI=1S/C2H6OS.CHCl3.CH4O/c1-4(2)3;2-1(3)4;1-2/h1-2H3;1H;2H,1H3. The first-order chi connectivity index (χ1) is 4.46. The molecule has 66 valence electrons. The third kappa shape index (κ3) is 595. The molecule has 0 atom stereocenters. The average Bonchev–Trinajstić information content (AvgIpc) is 1.66. The first kappa shape index (κ1) is 17.2. The highest BCUT2D eigenvalue weighted by atomic mass is 35.6. The lowest BCUT2D eigenvalue weighted by molar-refractivity contribution is 0.399. The number of halogens is 3. The fourth-order valence-corrected chi connectivity index (χ4v) is 0. The molecule has 0 radical (unpaired) electrons. The van der Waals surface area contributed by atoms with Crippen molar-refractivity contribution in [1.29, 1.82) is 0 Å². The Hall–Kier alpha value is 0.980. The molecule has 0 saturated heterocycles. The summed E-state index contributed by atoms with van der Waals surface area (Å²) in [6.45, 7) is 0. The van der Waals surface area contributed by atoms with Gasteiger partial charge >= 0.3 is 0 Å². The summed E-state index contributed by atoms with van der Waals surface area (Å²) < 4.78 is 8.81. The van der Waals surface area contributed by atoms with Crippen molar-refractivity contribution < 1.29 is 9.32 Å². The van der Waals surface area contributed by atoms with Crippen LogP contribution in [0, 0.1) is 0 Å². The summed E-state index contributed by atoms with van der Waals surface area (Å²) in [5.41, 5.74) is 0. The van der Waals surface area contributed by atoms with Crippen molar-refractivity contribution in [2.24, 2.45) is 0 Å². The van der Waals surface area contributed by atoms with E-state index in [0.717, 1.165) is 7.11 Å². The lowest BCUT2D eigenvalue weighted by Crippen LogP contribution is -1.70. The van der Waals surface area contributed by atoms with E-state index in [2.05, 4.69) is 0 Å². The zero-order valence-electron chi connectivity index (χ0n) is 5.97. The molecule has 0 unspecified atom stereocenters. The molecule has 0 heterocycles. The molecule has 0 aliphatic carbocycles. The minimum Gasteiger partial charge on any atom is -0.400 e. The molecular weight excluding hydrogens is 218 g/mol. The fourth-order valence-electron chi connectivity index (χ4n) is 0. The van der Waals surface area contributed by atoms with E-state index >= 15 is 0 Å². The van der Waals surface area contributed by atoms with Crippen LogP contribution in [0.15, 0.2) is 0 Å². The molecule has 0 saturated carbocycles. The van der Waals surface area contributed by atoms with Crippen LogP contribution >= 0.6 is 34.8 Å². The summed E-state index contributed by atoms with van der Waals surface area (Å²) in [6.07, 6.45) is 3.28. The number of alkyl halides is 3. The van der Waals surface area contributed by atoms with Crippen LogP contribution in [0.5, 0.6) is 0 Å². The molecule has 0 aliphatic heterocycles. The second-order valence-electron chi connectivity index (χ2n) is 0.989. The van der Waals surface area contributed by atoms with E-state index in [-0.39, 0.29) is 0 Å². The predicted octanol–water partition coefficient (Wildman–Crippen LogP) is 1.59. The summed E-state index contributed by atoms with van der Waals surface area (Å²) >= 11 is 14.4. The van der Waals surface area contributed by atoms with Crippen LogP contribution in [-0.2, 0) is 10.8 Å². The molecule has 0 amide bonds. The van der Waals surface area contributed by atoms with Gasteiger partial charge in [-0.1, -0.05) is 34.8 Å². The smallest absolute Gasteiger partial charge is 0.180 e. The highest BCUT2D eigenvalue weighted by Crippen LogP contribution is 2.03. The van der Waals surface area contributed by atoms with E-state index in [0.29, 0.717) is 0 Å². The summed E-state index contributed by atoms with van der Waals surface area (Å²) in [5, 5.41) is 7.00. The van der Waals surface area contributed by atoms with Crippen LogP contribution in [0.4, 0.5) is 0 Å². The molecule has 0 aliphatic rings. The van der Waals surface area contributed by atoms with Gasteiger partial charge in [0.2, 0.25) is 0 Å². The van der Waals surface area contributed by atoms with Gasteiger partial charge in [0.1, 0.15) is 0 Å². The Morgan fingerprint density at radius 3 is 1.20 bits per heavy atom. The van der Waals surface area contributed by atoms with Crippen molar-refractivity contribution in [1.82, 2.24) is 0 Å². The zero-order valence-corrected chi connectivity index (χ0v) is 9.06. The topological polar surface area (TPSA) is 37.3 Å². The minimum atomic E-state index is -0.750. The summed E-state index contributed by atoms with van der Waals surface area (Å²) in [5.74, 6) is 0. The molecule has 0 fully saturated rings. The lowest BCUT2D eigenvalue weighted by atomic mass is 11.8. The quantitative estimate of drug-likeness (QED) is 0.641. The van der Waals surface area contributed by atoms with Crippen molar-refractivity contribution in [3.63, 3.8) is 0 Å². The fraction of sp³-hybridized carbons (Fsp3) is 1.00. The largest absolute Gasteiger partial charge is 0.400 e. The molecule has 0 aromatic heterocycles. The molecule has 0 spiro atoms. The maximum atomic E-state index is 9.56. The van der Waals surface area contributed by atoms with Gasteiger partial charge in [0.05, 0.1) is 0 Å². The normalized spacial score (nSPS) is 7.70. The first-order valence-electron chi connectivity index (χ1n) is 2.09. The van der Waals surface area contributed by atoms with E-state index in [1.54, 1.807) is 12.5 Å². The maximum absolute atomic E-state index is 9.56. The molecule has 1 N–H and O–H groups in total. The third-order valence-electron chi connectivity index (χ3n) is 0. The van der Waals surface area contributed by atoms with Crippen molar-refractivity contribution in [3.05, 3.63) is 0 Å². The molecule has 2 nitrogen and oxygen atoms in total. The van der Waals surface area contributed by atoms with Gasteiger partial charge in [-0.3, -0.25) is 4.21 Å². The number of hydrogen-bond donors (Lipinski definition) is 1. The van der Waals surface area contributed by atoms with Crippen LogP contribution in [-0.4, -0.2) is 33.2 Å². The Kier molecular flexibility index (Phi) is 28.4. The molecule has 0 bridgehead atoms. The van der Waals surface area contributed by atoms with Crippen LogP contribution in [0.2, 0.25) is 0 Å². The maximum Gasteiger partial charge on any atom is 0.180 e. The molecule has 0 rings (SSSR count). The van der Waals surface area contributed by atoms with Crippen LogP contribution in [0.25, 0.3) is 0 Å². The van der Waals surface area contributed by atoms with Crippen LogP contribution < -0.4 is 0 Å². The second kappa shape index (κ2) is 16.5. The van der Waals surface area contributed by atoms with Gasteiger partial charge in [-0.25, -0.2) is 0 Å². The Morgan fingerprint density at radius 1 is 1.20 bits per heavy atom. The Bertz CT molecular complexity index is 62.8. The summed E-state index contributed by atoms with van der Waals surface area (Å²) in [7, 11) is 0.389. The molecule has 6 heteroatoms. The van der Waals surface area contributed by atoms with Crippen molar-refractivity contribution in [2.75, 3.05) is 19.6 Å². The summed E-state index contributed by atoms with van der Waals surface area (Å²) in [6, 6.07) is 0. The van der Waals surface area contributed by atoms with E-state index in [9.17, 15) is 4.21 Å². The van der Waals surface area contributed by atoms with Gasteiger partial charge in [0.25, 0.3) is 0 Å². The zero-order chi connectivity index (χ0) is 9.15. The number of aliphatic hydroxyl groups excluding tert-OH is 1. The van der Waals surface area contributed by atoms with Crippen LogP contribution in [0.3, 0.4) is 0 Å². The van der Waals surface area contributed by atoms with Crippen LogP contribution in [0.1, 0.15) is 0 Å². The van der Waals surface area contributed by atoms with Crippen molar-refractivity contribution >= 4 is 45.6 Å². The third-order valence-corrected chi connectivity index (χ3v) is 0. The number of aliphatic hydroxyl groups is 1. The highest BCUT2D eigenvalue weighted by Gasteiger charge is 1.78. The molecule has 0 aromatic rings. The molecule has 0 aromatic carbocycles. The highest BCUT2D eigenvalue weighted by molar-refractivity contribution is 7.83. The van der Waals surface area contributed by atoms with E-state index in [1.807, 2.05) is 0 Å². The second-order valence-corrected chi connectivity index (χ2v) is 4.45. The Morgan fingerprint density at radius 2 is 1.20 bits per heavy atom. The lowest BCUT2D eigenvalue weighted by Gasteiger charge is -1.69. The van der Waals surface area contributed by atoms with Crippen molar-refractivity contribution in [3.8, 4) is 0 Å². The van der Waals surface area contributed by atoms with Gasteiger partial charge in [-0.05, 0) is 0 Å². The van der Waals surface area contributed by atoms with E-state index in [1.165, 1.54) is 0 Å². The number of rotatable bonds is 0. The van der Waals surface area contributed by atoms with Gasteiger partial charge in [-0.15, -0.1) is 0 Å². The van der Waals surface area contributed by atoms with Gasteiger partial charge < -0.3 is 5.11 Å². The minimum absolute atomic E-state index is 0.611. The van der Waals surface area contributed by atoms with E-state index < -0.39 is 15.1 Å². The van der Waals surface area contributed by atoms with E-state index in [4.69, 9.17) is 39.9 Å². The van der Waals surface area contributed by atoms with Gasteiger partial charge in [0, 0.05) is 30.4 Å². The SMILES string of the molecule is CO.CS(C)=O.ClC(Cl)Cl.